The van der Waals surface area contributed by atoms with Gasteiger partial charge in [-0.1, -0.05) is 48.0 Å². The Hall–Kier alpha value is -3.86. The number of pyridine rings is 1. The maximum absolute atomic E-state index is 13.5. The molecule has 0 bridgehead atoms. The van der Waals surface area contributed by atoms with Crippen LogP contribution in [0.15, 0.2) is 71.5 Å². The van der Waals surface area contributed by atoms with Crippen LogP contribution in [0.5, 0.6) is 5.75 Å². The summed E-state index contributed by atoms with van der Waals surface area (Å²) in [5, 5.41) is 3.90. The third-order valence-electron chi connectivity index (χ3n) is 6.23. The molecule has 0 radical (unpaired) electrons. The van der Waals surface area contributed by atoms with Gasteiger partial charge in [-0.05, 0) is 73.9 Å². The molecular formula is C29H30N2O3. The number of nitrogens with zero attached hydrogens (tertiary/aromatic N) is 1. The van der Waals surface area contributed by atoms with E-state index < -0.39 is 0 Å². The molecule has 1 aromatic heterocycles. The number of aryl methyl sites for hydroxylation is 5. The molecule has 174 valence electrons. The van der Waals surface area contributed by atoms with E-state index in [0.29, 0.717) is 23.3 Å². The maximum atomic E-state index is 13.5. The van der Waals surface area contributed by atoms with Crippen molar-refractivity contribution in [3.63, 3.8) is 0 Å². The van der Waals surface area contributed by atoms with Gasteiger partial charge in [-0.3, -0.25) is 14.2 Å². The Morgan fingerprint density at radius 2 is 1.62 bits per heavy atom. The highest BCUT2D eigenvalue weighted by Crippen LogP contribution is 2.22. The lowest BCUT2D eigenvalue weighted by molar-refractivity contribution is -0.116. The molecule has 5 heteroatoms. The van der Waals surface area contributed by atoms with Crippen LogP contribution in [-0.2, 0) is 24.2 Å². The van der Waals surface area contributed by atoms with Crippen LogP contribution in [0.1, 0.15) is 27.8 Å². The number of fused-ring (bicyclic) bond motifs is 1. The van der Waals surface area contributed by atoms with Crippen molar-refractivity contribution < 1.29 is 9.53 Å². The summed E-state index contributed by atoms with van der Waals surface area (Å²) in [6.07, 6.45) is 1.36. The molecular weight excluding hydrogens is 424 g/mol. The number of carbonyl (C=O) groups is 1. The van der Waals surface area contributed by atoms with Crippen LogP contribution in [0.3, 0.4) is 0 Å². The highest BCUT2D eigenvalue weighted by Gasteiger charge is 2.15. The average molecular weight is 455 g/mol. The summed E-state index contributed by atoms with van der Waals surface area (Å²) in [4.78, 5) is 26.6. The zero-order chi connectivity index (χ0) is 24.2. The summed E-state index contributed by atoms with van der Waals surface area (Å²) in [6, 6.07) is 21.8. The number of para-hydroxylation sites is 1. The van der Waals surface area contributed by atoms with E-state index in [0.717, 1.165) is 28.6 Å². The number of amides is 1. The van der Waals surface area contributed by atoms with Crippen LogP contribution in [0.4, 0.5) is 5.69 Å². The molecule has 0 atom stereocenters. The van der Waals surface area contributed by atoms with Gasteiger partial charge in [0.15, 0.2) is 0 Å². The maximum Gasteiger partial charge on any atom is 0.254 e. The lowest BCUT2D eigenvalue weighted by atomic mass is 10.0. The van der Waals surface area contributed by atoms with Gasteiger partial charge in [-0.25, -0.2) is 0 Å². The van der Waals surface area contributed by atoms with Crippen molar-refractivity contribution >= 4 is 22.5 Å². The molecule has 1 heterocycles. The van der Waals surface area contributed by atoms with Crippen LogP contribution in [-0.4, -0.2) is 17.6 Å². The summed E-state index contributed by atoms with van der Waals surface area (Å²) in [7, 11) is 1.59. The quantitative estimate of drug-likeness (QED) is 0.409. The molecule has 4 rings (SSSR count). The minimum absolute atomic E-state index is 0.0748. The Kier molecular flexibility index (Phi) is 6.82. The largest absolute Gasteiger partial charge is 0.497 e. The smallest absolute Gasteiger partial charge is 0.254 e. The number of aromatic nitrogens is 1. The van der Waals surface area contributed by atoms with Gasteiger partial charge in [0.2, 0.25) is 5.91 Å². The SMILES string of the molecule is COc1ccc2cc(CCc3ccc(C)cc3)c(=O)n(CC(=O)Nc3c(C)cccc3C)c2c1. The van der Waals surface area contributed by atoms with Gasteiger partial charge in [0.05, 0.1) is 12.6 Å². The van der Waals surface area contributed by atoms with Crippen LogP contribution in [0.2, 0.25) is 0 Å². The second kappa shape index (κ2) is 9.96. The van der Waals surface area contributed by atoms with E-state index in [2.05, 4.69) is 36.5 Å². The molecule has 0 aliphatic carbocycles. The molecule has 0 saturated heterocycles. The van der Waals surface area contributed by atoms with Crippen molar-refractivity contribution in [2.45, 2.75) is 40.2 Å². The first-order chi connectivity index (χ1) is 16.4. The molecule has 34 heavy (non-hydrogen) atoms. The Bertz CT molecular complexity index is 1380. The standard InChI is InChI=1S/C29H30N2O3/c1-19-8-10-22(11-9-19)12-13-24-16-23-14-15-25(34-4)17-26(23)31(29(24)33)18-27(32)30-28-20(2)6-5-7-21(28)3/h5-11,14-17H,12-13,18H2,1-4H3,(H,30,32). The monoisotopic (exact) mass is 454 g/mol. The number of anilines is 1. The number of carbonyl (C=O) groups excluding carboxylic acids is 1. The third-order valence-corrected chi connectivity index (χ3v) is 6.23. The van der Waals surface area contributed by atoms with E-state index >= 15 is 0 Å². The second-order valence-electron chi connectivity index (χ2n) is 8.79. The van der Waals surface area contributed by atoms with Crippen molar-refractivity contribution in [2.75, 3.05) is 12.4 Å². The molecule has 0 aliphatic rings. The Morgan fingerprint density at radius 1 is 0.912 bits per heavy atom. The molecule has 0 spiro atoms. The van der Waals surface area contributed by atoms with Crippen molar-refractivity contribution in [1.29, 1.82) is 0 Å². The van der Waals surface area contributed by atoms with Crippen LogP contribution >= 0.6 is 0 Å². The van der Waals surface area contributed by atoms with Crippen molar-refractivity contribution in [3.05, 3.63) is 105 Å². The molecule has 0 saturated carbocycles. The van der Waals surface area contributed by atoms with E-state index in [1.807, 2.05) is 56.3 Å². The molecule has 0 fully saturated rings. The van der Waals surface area contributed by atoms with Gasteiger partial charge in [-0.15, -0.1) is 0 Å². The second-order valence-corrected chi connectivity index (χ2v) is 8.79. The predicted octanol–water partition coefficient (Wildman–Crippen LogP) is 5.36. The van der Waals surface area contributed by atoms with Gasteiger partial charge < -0.3 is 10.1 Å². The fraction of sp³-hybridized carbons (Fsp3) is 0.241. The number of hydrogen-bond acceptors (Lipinski definition) is 3. The third kappa shape index (κ3) is 5.04. The van der Waals surface area contributed by atoms with Crippen LogP contribution < -0.4 is 15.6 Å². The number of hydrogen-bond donors (Lipinski definition) is 1. The molecule has 0 unspecified atom stereocenters. The number of rotatable bonds is 7. The fourth-order valence-electron chi connectivity index (χ4n) is 4.24. The van der Waals surface area contributed by atoms with Gasteiger partial charge in [0, 0.05) is 17.3 Å². The normalized spacial score (nSPS) is 10.9. The van der Waals surface area contributed by atoms with Crippen LogP contribution in [0, 0.1) is 20.8 Å². The first-order valence-electron chi connectivity index (χ1n) is 11.5. The highest BCUT2D eigenvalue weighted by molar-refractivity contribution is 5.93. The average Bonchev–Trinajstić information content (AvgIpc) is 2.83. The number of nitrogens with one attached hydrogen (secondary N) is 1. The van der Waals surface area contributed by atoms with Crippen LogP contribution in [0.25, 0.3) is 10.9 Å². The molecule has 1 amide bonds. The van der Waals surface area contributed by atoms with Gasteiger partial charge in [-0.2, -0.15) is 0 Å². The summed E-state index contributed by atoms with van der Waals surface area (Å²) in [5.74, 6) is 0.405. The lowest BCUT2D eigenvalue weighted by Crippen LogP contribution is -2.30. The zero-order valence-corrected chi connectivity index (χ0v) is 20.1. The highest BCUT2D eigenvalue weighted by atomic mass is 16.5. The first-order valence-corrected chi connectivity index (χ1v) is 11.5. The summed E-state index contributed by atoms with van der Waals surface area (Å²) in [5.41, 5.74) is 6.37. The molecule has 4 aromatic rings. The molecule has 1 N–H and O–H groups in total. The van der Waals surface area contributed by atoms with E-state index in [1.165, 1.54) is 11.1 Å². The summed E-state index contributed by atoms with van der Waals surface area (Å²) >= 11 is 0. The van der Waals surface area contributed by atoms with E-state index in [-0.39, 0.29) is 18.0 Å². The van der Waals surface area contributed by atoms with Gasteiger partial charge >= 0.3 is 0 Å². The summed E-state index contributed by atoms with van der Waals surface area (Å²) in [6.45, 7) is 5.90. The zero-order valence-electron chi connectivity index (χ0n) is 20.1. The Labute approximate surface area is 200 Å². The minimum Gasteiger partial charge on any atom is -0.497 e. The van der Waals surface area contributed by atoms with E-state index in [9.17, 15) is 9.59 Å². The summed E-state index contributed by atoms with van der Waals surface area (Å²) < 4.78 is 6.94. The van der Waals surface area contributed by atoms with Crippen molar-refractivity contribution in [3.8, 4) is 5.75 Å². The molecule has 0 aliphatic heterocycles. The Morgan fingerprint density at radius 3 is 2.29 bits per heavy atom. The first kappa shape index (κ1) is 23.3. The predicted molar refractivity (Wildman–Crippen MR) is 138 cm³/mol. The van der Waals surface area contributed by atoms with Gasteiger partial charge in [0.1, 0.15) is 12.3 Å². The molecule has 5 nitrogen and oxygen atoms in total. The number of ether oxygens (including phenoxy) is 1. The topological polar surface area (TPSA) is 60.3 Å². The number of methoxy groups -OCH3 is 1. The van der Waals surface area contributed by atoms with Gasteiger partial charge in [0.25, 0.3) is 5.56 Å². The fourth-order valence-corrected chi connectivity index (χ4v) is 4.24. The van der Waals surface area contributed by atoms with Crippen molar-refractivity contribution in [2.24, 2.45) is 0 Å². The van der Waals surface area contributed by atoms with E-state index in [4.69, 9.17) is 4.74 Å². The van der Waals surface area contributed by atoms with E-state index in [1.54, 1.807) is 11.7 Å². The lowest BCUT2D eigenvalue weighted by Gasteiger charge is -2.16. The minimum atomic E-state index is -0.237. The molecule has 3 aromatic carbocycles. The number of benzene rings is 3. The Balaban J connectivity index is 1.69. The van der Waals surface area contributed by atoms with Crippen molar-refractivity contribution in [1.82, 2.24) is 4.57 Å².